The first-order valence-corrected chi connectivity index (χ1v) is 5.64. The summed E-state index contributed by atoms with van der Waals surface area (Å²) >= 11 is 0. The van der Waals surface area contributed by atoms with Gasteiger partial charge in [0.15, 0.2) is 11.5 Å². The van der Waals surface area contributed by atoms with E-state index in [0.717, 1.165) is 24.8 Å². The molecule has 0 aliphatic carbocycles. The molecule has 0 aliphatic heterocycles. The Kier molecular flexibility index (Phi) is 4.83. The Morgan fingerprint density at radius 3 is 2.75 bits per heavy atom. The number of esters is 1. The normalized spacial score (nSPS) is 10.1. The third-order valence-electron chi connectivity index (χ3n) is 2.39. The molecule has 0 heterocycles. The summed E-state index contributed by atoms with van der Waals surface area (Å²) in [7, 11) is 0. The predicted octanol–water partition coefficient (Wildman–Crippen LogP) is 3.19. The average molecular weight is 222 g/mol. The van der Waals surface area contributed by atoms with Gasteiger partial charge in [-0.05, 0) is 25.0 Å². The molecule has 0 radical (unpaired) electrons. The van der Waals surface area contributed by atoms with Crippen molar-refractivity contribution in [2.75, 3.05) is 0 Å². The highest BCUT2D eigenvalue weighted by Gasteiger charge is 2.10. The van der Waals surface area contributed by atoms with Gasteiger partial charge in [0.1, 0.15) is 0 Å². The monoisotopic (exact) mass is 222 g/mol. The second-order valence-electron chi connectivity index (χ2n) is 3.85. The summed E-state index contributed by atoms with van der Waals surface area (Å²) < 4.78 is 5.13. The van der Waals surface area contributed by atoms with Crippen LogP contribution in [-0.2, 0) is 4.79 Å². The molecule has 0 amide bonds. The number of para-hydroxylation sites is 1. The molecule has 1 aromatic rings. The predicted molar refractivity (Wildman–Crippen MR) is 62.6 cm³/mol. The molecular formula is C13H18O3. The molecule has 88 valence electrons. The van der Waals surface area contributed by atoms with Crippen LogP contribution in [0.25, 0.3) is 0 Å². The lowest BCUT2D eigenvalue weighted by molar-refractivity contribution is -0.134. The van der Waals surface area contributed by atoms with Gasteiger partial charge in [0.05, 0.1) is 0 Å². The van der Waals surface area contributed by atoms with Crippen molar-refractivity contribution < 1.29 is 14.6 Å². The van der Waals surface area contributed by atoms with Gasteiger partial charge in [-0.3, -0.25) is 4.79 Å². The highest BCUT2D eigenvalue weighted by molar-refractivity contribution is 5.73. The summed E-state index contributed by atoms with van der Waals surface area (Å²) in [5, 5.41) is 9.53. The van der Waals surface area contributed by atoms with Gasteiger partial charge >= 0.3 is 5.97 Å². The Hall–Kier alpha value is -1.51. The van der Waals surface area contributed by atoms with E-state index in [-0.39, 0.29) is 17.5 Å². The number of hydrogen-bond donors (Lipinski definition) is 1. The Bertz CT molecular complexity index is 338. The maximum atomic E-state index is 11.5. The smallest absolute Gasteiger partial charge is 0.311 e. The maximum absolute atomic E-state index is 11.5. The molecule has 0 aliphatic rings. The first-order valence-electron chi connectivity index (χ1n) is 5.64. The van der Waals surface area contributed by atoms with Crippen molar-refractivity contribution in [1.82, 2.24) is 0 Å². The summed E-state index contributed by atoms with van der Waals surface area (Å²) in [5.74, 6) is 0.0193. The van der Waals surface area contributed by atoms with Gasteiger partial charge in [-0.2, -0.15) is 0 Å². The van der Waals surface area contributed by atoms with E-state index in [9.17, 15) is 9.90 Å². The minimum absolute atomic E-state index is 0.0174. The van der Waals surface area contributed by atoms with Crippen molar-refractivity contribution >= 4 is 5.97 Å². The fourth-order valence-corrected chi connectivity index (χ4v) is 1.45. The summed E-state index contributed by atoms with van der Waals surface area (Å²) in [5.41, 5.74) is 0.767. The van der Waals surface area contributed by atoms with Crippen molar-refractivity contribution in [3.8, 4) is 11.5 Å². The molecule has 0 atom stereocenters. The lowest BCUT2D eigenvalue weighted by atomic mass is 10.2. The number of carbonyl (C=O) groups excluding carboxylic acids is 1. The third kappa shape index (κ3) is 3.57. The van der Waals surface area contributed by atoms with Crippen molar-refractivity contribution in [2.24, 2.45) is 0 Å². The van der Waals surface area contributed by atoms with Crippen LogP contribution in [0.4, 0.5) is 0 Å². The summed E-state index contributed by atoms with van der Waals surface area (Å²) in [6.45, 7) is 3.88. The van der Waals surface area contributed by atoms with E-state index < -0.39 is 0 Å². The van der Waals surface area contributed by atoms with E-state index in [1.54, 1.807) is 19.1 Å². The number of hydrogen-bond acceptors (Lipinski definition) is 3. The quantitative estimate of drug-likeness (QED) is 0.473. The minimum atomic E-state index is -0.280. The Labute approximate surface area is 96.1 Å². The Morgan fingerprint density at radius 1 is 1.38 bits per heavy atom. The van der Waals surface area contributed by atoms with E-state index in [2.05, 4.69) is 6.92 Å². The van der Waals surface area contributed by atoms with Crippen molar-refractivity contribution in [3.05, 3.63) is 23.8 Å². The number of carbonyl (C=O) groups is 1. The summed E-state index contributed by atoms with van der Waals surface area (Å²) in [6, 6.07) is 5.04. The SMILES string of the molecule is CCCCCC(=O)Oc1c(C)cccc1O. The lowest BCUT2D eigenvalue weighted by Crippen LogP contribution is -2.08. The standard InChI is InChI=1S/C13H18O3/c1-3-4-5-9-12(15)16-13-10(2)7-6-8-11(13)14/h6-8,14H,3-5,9H2,1-2H3. The van der Waals surface area contributed by atoms with E-state index in [0.29, 0.717) is 6.42 Å². The maximum Gasteiger partial charge on any atom is 0.311 e. The van der Waals surface area contributed by atoms with E-state index in [4.69, 9.17) is 4.74 Å². The molecule has 0 fully saturated rings. The van der Waals surface area contributed by atoms with Crippen LogP contribution in [0.1, 0.15) is 38.2 Å². The van der Waals surface area contributed by atoms with E-state index in [1.807, 2.05) is 0 Å². The van der Waals surface area contributed by atoms with Crippen LogP contribution in [0.15, 0.2) is 18.2 Å². The second kappa shape index (κ2) is 6.16. The zero-order valence-electron chi connectivity index (χ0n) is 9.82. The fraction of sp³-hybridized carbons (Fsp3) is 0.462. The van der Waals surface area contributed by atoms with Crippen molar-refractivity contribution in [1.29, 1.82) is 0 Å². The van der Waals surface area contributed by atoms with Crippen molar-refractivity contribution in [3.63, 3.8) is 0 Å². The molecule has 0 spiro atoms. The first kappa shape index (κ1) is 12.6. The van der Waals surface area contributed by atoms with E-state index in [1.165, 1.54) is 6.07 Å². The van der Waals surface area contributed by atoms with Crippen LogP contribution in [0.5, 0.6) is 11.5 Å². The molecule has 0 bridgehead atoms. The molecule has 0 aromatic heterocycles. The minimum Gasteiger partial charge on any atom is -0.504 e. The van der Waals surface area contributed by atoms with Crippen LogP contribution in [0.3, 0.4) is 0 Å². The van der Waals surface area contributed by atoms with Crippen molar-refractivity contribution in [2.45, 2.75) is 39.5 Å². The molecule has 1 rings (SSSR count). The third-order valence-corrected chi connectivity index (χ3v) is 2.39. The van der Waals surface area contributed by atoms with Gasteiger partial charge in [-0.1, -0.05) is 31.9 Å². The van der Waals surface area contributed by atoms with E-state index >= 15 is 0 Å². The summed E-state index contributed by atoms with van der Waals surface area (Å²) in [4.78, 5) is 11.5. The molecule has 0 saturated heterocycles. The van der Waals surface area contributed by atoms with Crippen LogP contribution < -0.4 is 4.74 Å². The van der Waals surface area contributed by atoms with Crippen LogP contribution in [0.2, 0.25) is 0 Å². The molecule has 3 heteroatoms. The van der Waals surface area contributed by atoms with Crippen LogP contribution >= 0.6 is 0 Å². The number of unbranched alkanes of at least 4 members (excludes halogenated alkanes) is 2. The lowest BCUT2D eigenvalue weighted by Gasteiger charge is -2.08. The number of aryl methyl sites for hydroxylation is 1. The zero-order chi connectivity index (χ0) is 12.0. The van der Waals surface area contributed by atoms with Gasteiger partial charge in [-0.25, -0.2) is 0 Å². The average Bonchev–Trinajstić information content (AvgIpc) is 2.24. The number of benzene rings is 1. The molecule has 16 heavy (non-hydrogen) atoms. The second-order valence-corrected chi connectivity index (χ2v) is 3.85. The number of rotatable bonds is 5. The highest BCUT2D eigenvalue weighted by atomic mass is 16.5. The number of phenolic OH excluding ortho intramolecular Hbond substituents is 1. The van der Waals surface area contributed by atoms with Crippen LogP contribution in [-0.4, -0.2) is 11.1 Å². The van der Waals surface area contributed by atoms with Gasteiger partial charge in [0.2, 0.25) is 0 Å². The Balaban J connectivity index is 2.56. The first-order chi connectivity index (χ1) is 7.65. The van der Waals surface area contributed by atoms with Gasteiger partial charge in [0.25, 0.3) is 0 Å². The molecule has 0 saturated carbocycles. The van der Waals surface area contributed by atoms with Gasteiger partial charge < -0.3 is 9.84 Å². The number of aromatic hydroxyl groups is 1. The molecule has 1 N–H and O–H groups in total. The van der Waals surface area contributed by atoms with Gasteiger partial charge in [0, 0.05) is 6.42 Å². The summed E-state index contributed by atoms with van der Waals surface area (Å²) in [6.07, 6.45) is 3.33. The fourth-order valence-electron chi connectivity index (χ4n) is 1.45. The zero-order valence-corrected chi connectivity index (χ0v) is 9.82. The van der Waals surface area contributed by atoms with Crippen LogP contribution in [0, 0.1) is 6.92 Å². The highest BCUT2D eigenvalue weighted by Crippen LogP contribution is 2.29. The molecule has 1 aromatic carbocycles. The number of ether oxygens (including phenoxy) is 1. The largest absolute Gasteiger partial charge is 0.504 e. The van der Waals surface area contributed by atoms with Gasteiger partial charge in [-0.15, -0.1) is 0 Å². The number of phenols is 1. The molecule has 3 nitrogen and oxygen atoms in total. The molecule has 0 unspecified atom stereocenters. The topological polar surface area (TPSA) is 46.5 Å². The molecular weight excluding hydrogens is 204 g/mol. The Morgan fingerprint density at radius 2 is 2.12 bits per heavy atom.